The van der Waals surface area contributed by atoms with E-state index in [2.05, 4.69) is 0 Å². The van der Waals surface area contributed by atoms with E-state index in [0.29, 0.717) is 38.9 Å². The third-order valence-corrected chi connectivity index (χ3v) is 7.32. The largest absolute Gasteiger partial charge is 0.493 e. The molecule has 1 aliphatic rings. The molecule has 1 aliphatic carbocycles. The molecule has 0 unspecified atom stereocenters. The lowest BCUT2D eigenvalue weighted by Crippen LogP contribution is -2.29. The van der Waals surface area contributed by atoms with Crippen molar-refractivity contribution in [2.45, 2.75) is 31.7 Å². The van der Waals surface area contributed by atoms with Crippen LogP contribution in [0.4, 0.5) is 0 Å². The number of fused-ring (bicyclic) bond motifs is 2. The number of nitrogens with zero attached hydrogens (tertiary/aromatic N) is 2. The molecule has 0 radical (unpaired) electrons. The molecule has 2 heterocycles. The van der Waals surface area contributed by atoms with Gasteiger partial charge < -0.3 is 14.2 Å². The molecule has 0 atom stereocenters. The van der Waals surface area contributed by atoms with E-state index in [0.717, 1.165) is 30.4 Å². The highest BCUT2D eigenvalue weighted by atomic mass is 32.1. The Hall–Kier alpha value is -3.39. The minimum absolute atomic E-state index is 0.0145. The van der Waals surface area contributed by atoms with Gasteiger partial charge >= 0.3 is 0 Å². The van der Waals surface area contributed by atoms with Crippen LogP contribution in [0, 0.1) is 0 Å². The Balaban J connectivity index is 1.89. The smallest absolute Gasteiger partial charge is 0.266 e. The summed E-state index contributed by atoms with van der Waals surface area (Å²) in [7, 11) is 4.65. The maximum absolute atomic E-state index is 13.8. The molecule has 8 heteroatoms. The van der Waals surface area contributed by atoms with Crippen molar-refractivity contribution in [2.75, 3.05) is 21.3 Å². The molecule has 0 bridgehead atoms. The fourth-order valence-electron chi connectivity index (χ4n) is 4.68. The summed E-state index contributed by atoms with van der Waals surface area (Å²) in [6, 6.07) is 10.9. The molecule has 33 heavy (non-hydrogen) atoms. The van der Waals surface area contributed by atoms with E-state index in [9.17, 15) is 9.59 Å². The first-order valence-electron chi connectivity index (χ1n) is 10.9. The number of benzene rings is 2. The molecule has 4 aromatic rings. The molecule has 170 valence electrons. The van der Waals surface area contributed by atoms with Gasteiger partial charge in [-0.3, -0.25) is 14.2 Å². The van der Waals surface area contributed by atoms with E-state index in [1.54, 1.807) is 44.1 Å². The minimum Gasteiger partial charge on any atom is -0.493 e. The topological polar surface area (TPSA) is 79.7 Å². The number of hydrogen-bond acceptors (Lipinski definition) is 7. The summed E-state index contributed by atoms with van der Waals surface area (Å²) in [5, 5.41) is 0.703. The first kappa shape index (κ1) is 21.5. The highest BCUT2D eigenvalue weighted by Crippen LogP contribution is 2.42. The van der Waals surface area contributed by atoms with Gasteiger partial charge in [0.15, 0.2) is 11.5 Å². The third kappa shape index (κ3) is 3.45. The number of ether oxygens (including phenoxy) is 3. The zero-order valence-corrected chi connectivity index (χ0v) is 19.5. The Kier molecular flexibility index (Phi) is 5.54. The van der Waals surface area contributed by atoms with Gasteiger partial charge in [-0.25, -0.2) is 4.98 Å². The van der Waals surface area contributed by atoms with Crippen LogP contribution in [0.15, 0.2) is 46.0 Å². The summed E-state index contributed by atoms with van der Waals surface area (Å²) in [6.45, 7) is 0. The van der Waals surface area contributed by atoms with Crippen molar-refractivity contribution in [2.24, 2.45) is 0 Å². The first-order chi connectivity index (χ1) is 16.1. The van der Waals surface area contributed by atoms with Gasteiger partial charge in [-0.05, 0) is 37.1 Å². The zero-order valence-electron chi connectivity index (χ0n) is 18.7. The summed E-state index contributed by atoms with van der Waals surface area (Å²) in [5.74, 6) is 1.93. The Morgan fingerprint density at radius 1 is 0.970 bits per heavy atom. The van der Waals surface area contributed by atoms with Crippen molar-refractivity contribution in [1.29, 1.82) is 0 Å². The highest BCUT2D eigenvalue weighted by molar-refractivity contribution is 7.24. The van der Waals surface area contributed by atoms with E-state index < -0.39 is 0 Å². The Bertz CT molecular complexity index is 1460. The van der Waals surface area contributed by atoms with Crippen molar-refractivity contribution in [3.05, 3.63) is 57.0 Å². The Morgan fingerprint density at radius 2 is 1.64 bits per heavy atom. The van der Waals surface area contributed by atoms with E-state index in [1.165, 1.54) is 11.3 Å². The molecule has 0 spiro atoms. The third-order valence-electron chi connectivity index (χ3n) is 6.26. The second-order valence-corrected chi connectivity index (χ2v) is 9.10. The lowest BCUT2D eigenvalue weighted by atomic mass is 10.1. The summed E-state index contributed by atoms with van der Waals surface area (Å²) in [5.41, 5.74) is 0.117. The van der Waals surface area contributed by atoms with Gasteiger partial charge in [0.2, 0.25) is 11.2 Å². The van der Waals surface area contributed by atoms with Gasteiger partial charge in [-0.2, -0.15) is 0 Å². The molecule has 0 N–H and O–H groups in total. The molecule has 2 aromatic heterocycles. The maximum atomic E-state index is 13.8. The van der Waals surface area contributed by atoms with Gasteiger partial charge in [-0.15, -0.1) is 11.3 Å². The van der Waals surface area contributed by atoms with E-state index in [1.807, 2.05) is 18.2 Å². The molecular weight excluding hydrogens is 440 g/mol. The van der Waals surface area contributed by atoms with Crippen molar-refractivity contribution in [1.82, 2.24) is 9.55 Å². The Morgan fingerprint density at radius 3 is 2.27 bits per heavy atom. The quantitative estimate of drug-likeness (QED) is 0.396. The minimum atomic E-state index is -0.289. The van der Waals surface area contributed by atoms with E-state index in [4.69, 9.17) is 19.2 Å². The van der Waals surface area contributed by atoms with E-state index >= 15 is 0 Å². The fourth-order valence-corrected chi connectivity index (χ4v) is 5.72. The molecular formula is C25H24N2O5S. The van der Waals surface area contributed by atoms with Crippen LogP contribution in [0.2, 0.25) is 0 Å². The molecule has 0 aliphatic heterocycles. The number of aromatic nitrogens is 2. The maximum Gasteiger partial charge on any atom is 0.266 e. The van der Waals surface area contributed by atoms with Crippen LogP contribution in [0.25, 0.3) is 31.7 Å². The average Bonchev–Trinajstić information content (AvgIpc) is 3.37. The summed E-state index contributed by atoms with van der Waals surface area (Å²) in [4.78, 5) is 32.5. The normalized spacial score (nSPS) is 14.2. The van der Waals surface area contributed by atoms with Crippen LogP contribution in [0.3, 0.4) is 0 Å². The van der Waals surface area contributed by atoms with Crippen LogP contribution in [0.1, 0.15) is 31.7 Å². The average molecular weight is 465 g/mol. The molecule has 1 fully saturated rings. The van der Waals surface area contributed by atoms with Gasteiger partial charge in [0, 0.05) is 21.7 Å². The SMILES string of the molecule is COc1cc(-c2nc3sc4ccccc4c(=O)c3c(=O)n2C2CCCC2)cc(OC)c1OC. The molecule has 7 nitrogen and oxygen atoms in total. The van der Waals surface area contributed by atoms with Crippen LogP contribution in [-0.2, 0) is 0 Å². The van der Waals surface area contributed by atoms with Crippen LogP contribution < -0.4 is 25.2 Å². The number of rotatable bonds is 5. The predicted octanol–water partition coefficient (Wildman–Crippen LogP) is 4.78. The summed E-state index contributed by atoms with van der Waals surface area (Å²) >= 11 is 1.36. The predicted molar refractivity (Wildman–Crippen MR) is 130 cm³/mol. The van der Waals surface area contributed by atoms with Crippen LogP contribution >= 0.6 is 11.3 Å². The highest BCUT2D eigenvalue weighted by Gasteiger charge is 2.26. The van der Waals surface area contributed by atoms with Crippen molar-refractivity contribution >= 4 is 31.6 Å². The van der Waals surface area contributed by atoms with Crippen molar-refractivity contribution < 1.29 is 14.2 Å². The van der Waals surface area contributed by atoms with Gasteiger partial charge in [-0.1, -0.05) is 25.0 Å². The van der Waals surface area contributed by atoms with Crippen LogP contribution in [0.5, 0.6) is 17.2 Å². The first-order valence-corrected chi connectivity index (χ1v) is 11.7. The zero-order chi connectivity index (χ0) is 23.1. The second kappa shape index (κ2) is 8.51. The van der Waals surface area contributed by atoms with Gasteiger partial charge in [0.1, 0.15) is 16.0 Å². The number of methoxy groups -OCH3 is 3. The lowest BCUT2D eigenvalue weighted by Gasteiger charge is -2.20. The van der Waals surface area contributed by atoms with Crippen molar-refractivity contribution in [3.8, 4) is 28.6 Å². The monoisotopic (exact) mass is 464 g/mol. The van der Waals surface area contributed by atoms with Gasteiger partial charge in [0.05, 0.1) is 21.3 Å². The molecule has 0 amide bonds. The molecule has 5 rings (SSSR count). The lowest BCUT2D eigenvalue weighted by molar-refractivity contribution is 0.324. The summed E-state index contributed by atoms with van der Waals surface area (Å²) in [6.07, 6.45) is 3.81. The van der Waals surface area contributed by atoms with E-state index in [-0.39, 0.29) is 22.4 Å². The molecule has 0 saturated heterocycles. The van der Waals surface area contributed by atoms with Gasteiger partial charge in [0.25, 0.3) is 5.56 Å². The number of hydrogen-bond donors (Lipinski definition) is 0. The molecule has 1 saturated carbocycles. The van der Waals surface area contributed by atoms with Crippen LogP contribution in [-0.4, -0.2) is 30.9 Å². The Labute approximate surface area is 194 Å². The van der Waals surface area contributed by atoms with Crippen molar-refractivity contribution in [3.63, 3.8) is 0 Å². The summed E-state index contributed by atoms with van der Waals surface area (Å²) < 4.78 is 19.0. The standard InChI is InChI=1S/C25H24N2O5S/c1-30-17-12-14(13-18(31-2)22(17)32-3)23-26-24-20(25(29)27(23)15-8-4-5-9-15)21(28)16-10-6-7-11-19(16)33-24/h6-7,10-13,15H,4-5,8-9H2,1-3H3. The fraction of sp³-hybridized carbons (Fsp3) is 0.320. The molecule has 2 aromatic carbocycles. The second-order valence-electron chi connectivity index (χ2n) is 8.07.